The number of para-hydroxylation sites is 1. The van der Waals surface area contributed by atoms with Gasteiger partial charge in [-0.15, -0.1) is 12.4 Å². The Labute approximate surface area is 170 Å². The number of carbonyl (C=O) groups is 1. The van der Waals surface area contributed by atoms with Crippen LogP contribution in [0.15, 0.2) is 29.2 Å². The summed E-state index contributed by atoms with van der Waals surface area (Å²) >= 11 is 0. The third kappa shape index (κ3) is 4.99. The van der Waals surface area contributed by atoms with Crippen LogP contribution in [-0.4, -0.2) is 67.7 Å². The number of sulfonamides is 1. The first kappa shape index (κ1) is 22.5. The number of nitrogens with zero attached hydrogens (tertiary/aromatic N) is 3. The zero-order valence-corrected chi connectivity index (χ0v) is 17.1. The summed E-state index contributed by atoms with van der Waals surface area (Å²) in [6, 6.07) is 5.34. The van der Waals surface area contributed by atoms with Gasteiger partial charge in [0.25, 0.3) is 5.69 Å². The first-order valence-electron chi connectivity index (χ1n) is 9.11. The molecule has 1 amide bonds. The molecule has 0 spiro atoms. The van der Waals surface area contributed by atoms with Crippen LogP contribution in [-0.2, 0) is 14.8 Å². The Hall–Kier alpha value is -1.75. The summed E-state index contributed by atoms with van der Waals surface area (Å²) in [6.45, 7) is 2.86. The van der Waals surface area contributed by atoms with Gasteiger partial charge in [0.2, 0.25) is 15.9 Å². The number of nitrogens with one attached hydrogen (secondary N) is 1. The van der Waals surface area contributed by atoms with Crippen molar-refractivity contribution in [3.8, 4) is 0 Å². The van der Waals surface area contributed by atoms with Crippen LogP contribution < -0.4 is 5.32 Å². The van der Waals surface area contributed by atoms with E-state index in [0.29, 0.717) is 25.4 Å². The number of nitro benzene ring substituents is 1. The summed E-state index contributed by atoms with van der Waals surface area (Å²) in [5.41, 5.74) is -0.429. The zero-order valence-electron chi connectivity index (χ0n) is 15.5. The van der Waals surface area contributed by atoms with E-state index in [4.69, 9.17) is 0 Å². The molecule has 0 saturated carbocycles. The fourth-order valence-electron chi connectivity index (χ4n) is 3.59. The summed E-state index contributed by atoms with van der Waals surface area (Å²) in [7, 11) is -3.97. The lowest BCUT2D eigenvalue weighted by Crippen LogP contribution is -2.50. The van der Waals surface area contributed by atoms with Crippen LogP contribution in [0.1, 0.15) is 19.3 Å². The minimum Gasteiger partial charge on any atom is -0.340 e. The van der Waals surface area contributed by atoms with E-state index in [1.807, 2.05) is 0 Å². The average Bonchev–Trinajstić information content (AvgIpc) is 3.20. The molecule has 0 aliphatic carbocycles. The maximum absolute atomic E-state index is 12.8. The van der Waals surface area contributed by atoms with Crippen molar-refractivity contribution in [3.63, 3.8) is 0 Å². The molecule has 1 aromatic rings. The van der Waals surface area contributed by atoms with Crippen molar-refractivity contribution in [2.24, 2.45) is 5.92 Å². The second-order valence-electron chi connectivity index (χ2n) is 6.91. The second kappa shape index (κ2) is 9.64. The highest BCUT2D eigenvalue weighted by Gasteiger charge is 2.34. The van der Waals surface area contributed by atoms with Gasteiger partial charge in [0.15, 0.2) is 4.90 Å². The van der Waals surface area contributed by atoms with E-state index < -0.39 is 20.6 Å². The number of carbonyl (C=O) groups excluding carboxylic acids is 1. The molecule has 2 aliphatic heterocycles. The standard InChI is InChI=1S/C17H24N4O5S.ClH/c22-17(6-5-14-7-8-18-13-14)19-9-11-20(12-10-19)27(25,26)16-4-2-1-3-15(16)21(23)24;/h1-4,14,18H,5-13H2;1H. The third-order valence-electron chi connectivity index (χ3n) is 5.20. The van der Waals surface area contributed by atoms with Crippen LogP contribution in [0.3, 0.4) is 0 Å². The lowest BCUT2D eigenvalue weighted by atomic mass is 10.0. The van der Waals surface area contributed by atoms with Crippen LogP contribution in [0.2, 0.25) is 0 Å². The Kier molecular flexibility index (Phi) is 7.76. The number of piperazine rings is 1. The molecule has 3 rings (SSSR count). The zero-order chi connectivity index (χ0) is 19.4. The Bertz CT molecular complexity index is 806. The van der Waals surface area contributed by atoms with Crippen LogP contribution >= 0.6 is 12.4 Å². The van der Waals surface area contributed by atoms with Gasteiger partial charge in [-0.2, -0.15) is 4.31 Å². The summed E-state index contributed by atoms with van der Waals surface area (Å²) in [4.78, 5) is 24.2. The topological polar surface area (TPSA) is 113 Å². The molecule has 9 nitrogen and oxygen atoms in total. The predicted molar refractivity (Wildman–Crippen MR) is 106 cm³/mol. The van der Waals surface area contributed by atoms with Crippen molar-refractivity contribution >= 4 is 34.0 Å². The van der Waals surface area contributed by atoms with Gasteiger partial charge >= 0.3 is 0 Å². The van der Waals surface area contributed by atoms with Crippen molar-refractivity contribution < 1.29 is 18.1 Å². The number of hydrogen-bond acceptors (Lipinski definition) is 6. The fourth-order valence-corrected chi connectivity index (χ4v) is 5.17. The average molecular weight is 433 g/mol. The molecule has 2 aliphatic rings. The van der Waals surface area contributed by atoms with Gasteiger partial charge in [-0.05, 0) is 37.9 Å². The molecule has 2 saturated heterocycles. The normalized spacial score (nSPS) is 20.6. The summed E-state index contributed by atoms with van der Waals surface area (Å²) in [5.74, 6) is 0.582. The van der Waals surface area contributed by atoms with Gasteiger partial charge in [0.05, 0.1) is 4.92 Å². The molecular formula is C17H25ClN4O5S. The van der Waals surface area contributed by atoms with Gasteiger partial charge in [0, 0.05) is 38.7 Å². The smallest absolute Gasteiger partial charge is 0.289 e. The number of hydrogen-bond donors (Lipinski definition) is 1. The minimum absolute atomic E-state index is 0. The molecule has 0 radical (unpaired) electrons. The van der Waals surface area contributed by atoms with Gasteiger partial charge in [-0.3, -0.25) is 14.9 Å². The van der Waals surface area contributed by atoms with E-state index >= 15 is 0 Å². The van der Waals surface area contributed by atoms with Crippen LogP contribution in [0.5, 0.6) is 0 Å². The van der Waals surface area contributed by atoms with Crippen molar-refractivity contribution in [1.82, 2.24) is 14.5 Å². The van der Waals surface area contributed by atoms with E-state index in [2.05, 4.69) is 5.32 Å². The third-order valence-corrected chi connectivity index (χ3v) is 7.15. The van der Waals surface area contributed by atoms with Gasteiger partial charge < -0.3 is 10.2 Å². The largest absolute Gasteiger partial charge is 0.340 e. The van der Waals surface area contributed by atoms with E-state index in [1.54, 1.807) is 4.90 Å². The molecule has 1 atom stereocenters. The SMILES string of the molecule is Cl.O=C(CCC1CCNC1)N1CCN(S(=O)(=O)c2ccccc2[N+](=O)[O-])CC1. The molecule has 2 heterocycles. The van der Waals surface area contributed by atoms with E-state index in [-0.39, 0.29) is 36.3 Å². The van der Waals surface area contributed by atoms with Crippen molar-refractivity contribution in [3.05, 3.63) is 34.4 Å². The van der Waals surface area contributed by atoms with Crippen molar-refractivity contribution in [2.45, 2.75) is 24.2 Å². The summed E-state index contributed by atoms with van der Waals surface area (Å²) < 4.78 is 26.8. The molecule has 2 fully saturated rings. The number of halogens is 1. The van der Waals surface area contributed by atoms with Crippen LogP contribution in [0.4, 0.5) is 5.69 Å². The monoisotopic (exact) mass is 432 g/mol. The maximum Gasteiger partial charge on any atom is 0.289 e. The number of benzene rings is 1. The first-order chi connectivity index (χ1) is 12.9. The number of rotatable bonds is 6. The Balaban J connectivity index is 0.00000280. The highest BCUT2D eigenvalue weighted by molar-refractivity contribution is 7.89. The Morgan fingerprint density at radius 3 is 2.50 bits per heavy atom. The molecule has 0 bridgehead atoms. The molecule has 1 aromatic carbocycles. The molecule has 1 N–H and O–H groups in total. The number of nitro groups is 1. The highest BCUT2D eigenvalue weighted by Crippen LogP contribution is 2.27. The first-order valence-corrected chi connectivity index (χ1v) is 10.6. The summed E-state index contributed by atoms with van der Waals surface area (Å²) in [6.07, 6.45) is 2.42. The quantitative estimate of drug-likeness (QED) is 0.534. The molecule has 0 aromatic heterocycles. The lowest BCUT2D eigenvalue weighted by Gasteiger charge is -2.34. The fraction of sp³-hybridized carbons (Fsp3) is 0.588. The minimum atomic E-state index is -3.97. The molecule has 1 unspecified atom stereocenters. The van der Waals surface area contributed by atoms with Crippen LogP contribution in [0.25, 0.3) is 0 Å². The van der Waals surface area contributed by atoms with Crippen molar-refractivity contribution in [1.29, 1.82) is 0 Å². The second-order valence-corrected chi connectivity index (χ2v) is 8.81. The Morgan fingerprint density at radius 2 is 1.89 bits per heavy atom. The lowest BCUT2D eigenvalue weighted by molar-refractivity contribution is -0.387. The molecular weight excluding hydrogens is 408 g/mol. The van der Waals surface area contributed by atoms with E-state index in [9.17, 15) is 23.3 Å². The number of amides is 1. The predicted octanol–water partition coefficient (Wildman–Crippen LogP) is 1.24. The van der Waals surface area contributed by atoms with Gasteiger partial charge in [-0.1, -0.05) is 12.1 Å². The van der Waals surface area contributed by atoms with E-state index in [1.165, 1.54) is 28.6 Å². The Morgan fingerprint density at radius 1 is 1.21 bits per heavy atom. The van der Waals surface area contributed by atoms with Gasteiger partial charge in [-0.25, -0.2) is 8.42 Å². The molecule has 156 valence electrons. The molecule has 28 heavy (non-hydrogen) atoms. The maximum atomic E-state index is 12.8. The summed E-state index contributed by atoms with van der Waals surface area (Å²) in [5, 5.41) is 14.4. The van der Waals surface area contributed by atoms with E-state index in [0.717, 1.165) is 25.9 Å². The highest BCUT2D eigenvalue weighted by atomic mass is 35.5. The van der Waals surface area contributed by atoms with Crippen molar-refractivity contribution in [2.75, 3.05) is 39.3 Å². The van der Waals surface area contributed by atoms with Crippen LogP contribution in [0, 0.1) is 16.0 Å². The molecule has 11 heteroatoms. The van der Waals surface area contributed by atoms with Gasteiger partial charge in [0.1, 0.15) is 0 Å².